The Morgan fingerprint density at radius 1 is 1.47 bits per heavy atom. The predicted octanol–water partition coefficient (Wildman–Crippen LogP) is 2.52. The van der Waals surface area contributed by atoms with Crippen molar-refractivity contribution in [2.75, 3.05) is 19.8 Å². The largest absolute Gasteiger partial charge is 0.381 e. The van der Waals surface area contributed by atoms with Crippen LogP contribution in [0.25, 0.3) is 0 Å². The van der Waals surface area contributed by atoms with Crippen molar-refractivity contribution in [3.05, 3.63) is 15.6 Å². The summed E-state index contributed by atoms with van der Waals surface area (Å²) in [6, 6.07) is 0.175. The van der Waals surface area contributed by atoms with Crippen molar-refractivity contribution in [3.63, 3.8) is 0 Å². The SMILES string of the molecule is CCOC1(c2nc3c(s2)C(N)CCC3)CCOCC1. The van der Waals surface area contributed by atoms with Gasteiger partial charge in [0.15, 0.2) is 0 Å². The molecule has 2 N–H and O–H groups in total. The molecule has 19 heavy (non-hydrogen) atoms. The van der Waals surface area contributed by atoms with Crippen LogP contribution in [0.5, 0.6) is 0 Å². The molecule has 0 saturated carbocycles. The molecule has 4 nitrogen and oxygen atoms in total. The van der Waals surface area contributed by atoms with Crippen molar-refractivity contribution < 1.29 is 9.47 Å². The van der Waals surface area contributed by atoms with E-state index in [-0.39, 0.29) is 11.6 Å². The fourth-order valence-electron chi connectivity index (χ4n) is 3.05. The van der Waals surface area contributed by atoms with Gasteiger partial charge in [0.25, 0.3) is 0 Å². The molecule has 1 atom stereocenters. The van der Waals surface area contributed by atoms with Crippen LogP contribution in [0.15, 0.2) is 0 Å². The van der Waals surface area contributed by atoms with Gasteiger partial charge in [-0.3, -0.25) is 0 Å². The molecule has 1 aliphatic heterocycles. The summed E-state index contributed by atoms with van der Waals surface area (Å²) >= 11 is 1.77. The number of ether oxygens (including phenoxy) is 2. The molecular formula is C14H22N2O2S. The molecule has 0 aromatic carbocycles. The number of fused-ring (bicyclic) bond motifs is 1. The lowest BCUT2D eigenvalue weighted by molar-refractivity contribution is -0.112. The summed E-state index contributed by atoms with van der Waals surface area (Å²) < 4.78 is 11.6. The van der Waals surface area contributed by atoms with Crippen LogP contribution in [-0.4, -0.2) is 24.8 Å². The third-order valence-corrected chi connectivity index (χ3v) is 5.52. The lowest BCUT2D eigenvalue weighted by Gasteiger charge is -2.35. The highest BCUT2D eigenvalue weighted by molar-refractivity contribution is 7.12. The minimum atomic E-state index is -0.227. The molecule has 3 rings (SSSR count). The monoisotopic (exact) mass is 282 g/mol. The summed E-state index contributed by atoms with van der Waals surface area (Å²) in [5.41, 5.74) is 7.20. The van der Waals surface area contributed by atoms with E-state index in [0.29, 0.717) is 0 Å². The zero-order valence-corrected chi connectivity index (χ0v) is 12.3. The van der Waals surface area contributed by atoms with Gasteiger partial charge in [-0.15, -0.1) is 11.3 Å². The minimum absolute atomic E-state index is 0.175. The number of hydrogen-bond acceptors (Lipinski definition) is 5. The van der Waals surface area contributed by atoms with Gasteiger partial charge in [-0.05, 0) is 26.2 Å². The number of aromatic nitrogens is 1. The van der Waals surface area contributed by atoms with Crippen molar-refractivity contribution in [1.82, 2.24) is 4.98 Å². The van der Waals surface area contributed by atoms with Crippen molar-refractivity contribution in [1.29, 1.82) is 0 Å². The molecule has 106 valence electrons. The first kappa shape index (κ1) is 13.5. The summed E-state index contributed by atoms with van der Waals surface area (Å²) in [5, 5.41) is 1.12. The maximum absolute atomic E-state index is 6.21. The van der Waals surface area contributed by atoms with Crippen LogP contribution in [0, 0.1) is 0 Å². The molecule has 0 spiro atoms. The topological polar surface area (TPSA) is 57.4 Å². The summed E-state index contributed by atoms with van der Waals surface area (Å²) in [6.07, 6.45) is 5.12. The van der Waals surface area contributed by atoms with E-state index in [0.717, 1.165) is 56.9 Å². The van der Waals surface area contributed by atoms with Crippen LogP contribution in [0.1, 0.15) is 54.2 Å². The van der Waals surface area contributed by atoms with Gasteiger partial charge in [-0.1, -0.05) is 0 Å². The van der Waals surface area contributed by atoms with E-state index < -0.39 is 0 Å². The summed E-state index contributed by atoms with van der Waals surface area (Å²) in [7, 11) is 0. The lowest BCUT2D eigenvalue weighted by atomic mass is 9.94. The quantitative estimate of drug-likeness (QED) is 0.925. The Bertz CT molecular complexity index is 435. The van der Waals surface area contributed by atoms with Crippen LogP contribution in [0.3, 0.4) is 0 Å². The molecular weight excluding hydrogens is 260 g/mol. The van der Waals surface area contributed by atoms with Crippen LogP contribution < -0.4 is 5.73 Å². The highest BCUT2D eigenvalue weighted by atomic mass is 32.1. The second-order valence-corrected chi connectivity index (χ2v) is 6.40. The third-order valence-electron chi connectivity index (χ3n) is 4.10. The summed E-state index contributed by atoms with van der Waals surface area (Å²) in [5.74, 6) is 0. The van der Waals surface area contributed by atoms with Crippen molar-refractivity contribution in [3.8, 4) is 0 Å². The van der Waals surface area contributed by atoms with E-state index in [1.54, 1.807) is 11.3 Å². The number of hydrogen-bond donors (Lipinski definition) is 1. The molecule has 0 amide bonds. The van der Waals surface area contributed by atoms with Gasteiger partial charge in [0, 0.05) is 43.6 Å². The first-order valence-corrected chi connectivity index (χ1v) is 8.04. The molecule has 1 unspecified atom stereocenters. The maximum Gasteiger partial charge on any atom is 0.125 e. The smallest absolute Gasteiger partial charge is 0.125 e. The first-order valence-electron chi connectivity index (χ1n) is 7.22. The van der Waals surface area contributed by atoms with E-state index in [2.05, 4.69) is 6.92 Å². The fourth-order valence-corrected chi connectivity index (χ4v) is 4.39. The normalized spacial score (nSPS) is 26.1. The Morgan fingerprint density at radius 3 is 2.95 bits per heavy atom. The van der Waals surface area contributed by atoms with Crippen molar-refractivity contribution >= 4 is 11.3 Å². The summed E-state index contributed by atoms with van der Waals surface area (Å²) in [6.45, 7) is 4.29. The molecule has 2 aliphatic rings. The number of thiazole rings is 1. The molecule has 0 radical (unpaired) electrons. The predicted molar refractivity (Wildman–Crippen MR) is 75.3 cm³/mol. The van der Waals surface area contributed by atoms with E-state index in [1.165, 1.54) is 10.6 Å². The number of nitrogens with zero attached hydrogens (tertiary/aromatic N) is 1. The Balaban J connectivity index is 1.94. The Labute approximate surface area is 118 Å². The molecule has 1 saturated heterocycles. The second kappa shape index (κ2) is 5.48. The van der Waals surface area contributed by atoms with Crippen molar-refractivity contribution in [2.24, 2.45) is 5.73 Å². The number of aryl methyl sites for hydroxylation is 1. The first-order chi connectivity index (χ1) is 9.25. The van der Waals surface area contributed by atoms with Gasteiger partial charge in [-0.25, -0.2) is 4.98 Å². The second-order valence-electron chi connectivity index (χ2n) is 5.37. The van der Waals surface area contributed by atoms with E-state index >= 15 is 0 Å². The van der Waals surface area contributed by atoms with Gasteiger partial charge in [0.1, 0.15) is 10.6 Å². The third kappa shape index (κ3) is 2.44. The Kier molecular flexibility index (Phi) is 3.89. The number of rotatable bonds is 3. The average Bonchev–Trinajstić information content (AvgIpc) is 2.86. The van der Waals surface area contributed by atoms with Crippen LogP contribution in [0.4, 0.5) is 0 Å². The van der Waals surface area contributed by atoms with E-state index in [4.69, 9.17) is 20.2 Å². The minimum Gasteiger partial charge on any atom is -0.381 e. The van der Waals surface area contributed by atoms with Gasteiger partial charge in [0.05, 0.1) is 5.69 Å². The highest BCUT2D eigenvalue weighted by Gasteiger charge is 2.39. The molecule has 5 heteroatoms. The van der Waals surface area contributed by atoms with Crippen molar-refractivity contribution in [2.45, 2.75) is 50.7 Å². The molecule has 1 aromatic heterocycles. The zero-order valence-electron chi connectivity index (χ0n) is 11.5. The molecule has 0 bridgehead atoms. The van der Waals surface area contributed by atoms with Gasteiger partial charge >= 0.3 is 0 Å². The summed E-state index contributed by atoms with van der Waals surface area (Å²) in [4.78, 5) is 6.16. The standard InChI is InChI=1S/C14H22N2O2S/c1-2-18-14(6-8-17-9-7-14)13-16-11-5-3-4-10(15)12(11)19-13/h10H,2-9,15H2,1H3. The van der Waals surface area contributed by atoms with E-state index in [9.17, 15) is 0 Å². The highest BCUT2D eigenvalue weighted by Crippen LogP contribution is 2.42. The molecule has 1 aliphatic carbocycles. The van der Waals surface area contributed by atoms with E-state index in [1.807, 2.05) is 0 Å². The van der Waals surface area contributed by atoms with Crippen LogP contribution in [0.2, 0.25) is 0 Å². The Morgan fingerprint density at radius 2 is 2.26 bits per heavy atom. The molecule has 1 aromatic rings. The lowest BCUT2D eigenvalue weighted by Crippen LogP contribution is -2.36. The van der Waals surface area contributed by atoms with Crippen LogP contribution >= 0.6 is 11.3 Å². The number of nitrogens with two attached hydrogens (primary N) is 1. The van der Waals surface area contributed by atoms with Gasteiger partial charge in [0.2, 0.25) is 0 Å². The fraction of sp³-hybridized carbons (Fsp3) is 0.786. The zero-order chi connectivity index (χ0) is 13.3. The van der Waals surface area contributed by atoms with Crippen LogP contribution in [-0.2, 0) is 21.5 Å². The van der Waals surface area contributed by atoms with Gasteiger partial charge < -0.3 is 15.2 Å². The van der Waals surface area contributed by atoms with Gasteiger partial charge in [-0.2, -0.15) is 0 Å². The molecule has 2 heterocycles. The maximum atomic E-state index is 6.21. The molecule has 1 fully saturated rings. The Hall–Kier alpha value is -0.490. The average molecular weight is 282 g/mol.